The van der Waals surface area contributed by atoms with E-state index >= 15 is 0 Å². The molecule has 0 saturated carbocycles. The molecule has 1 unspecified atom stereocenters. The summed E-state index contributed by atoms with van der Waals surface area (Å²) in [7, 11) is 1.92. The van der Waals surface area contributed by atoms with Gasteiger partial charge in [-0.2, -0.15) is 5.10 Å². The highest BCUT2D eigenvalue weighted by Gasteiger charge is 2.24. The Labute approximate surface area is 104 Å². The molecule has 2 N–H and O–H groups in total. The van der Waals surface area contributed by atoms with E-state index in [2.05, 4.69) is 30.3 Å². The average molecular weight is 239 g/mol. The van der Waals surface area contributed by atoms with Gasteiger partial charge in [-0.1, -0.05) is 6.92 Å². The molecule has 1 aromatic rings. The Morgan fingerprint density at radius 2 is 2.18 bits per heavy atom. The summed E-state index contributed by atoms with van der Waals surface area (Å²) >= 11 is 0. The molecular weight excluding hydrogens is 214 g/mol. The van der Waals surface area contributed by atoms with Crippen LogP contribution in [0.1, 0.15) is 37.6 Å². The molecule has 0 aliphatic carbocycles. The molecule has 98 valence electrons. The molecule has 0 saturated heterocycles. The van der Waals surface area contributed by atoms with Crippen molar-refractivity contribution in [2.24, 2.45) is 0 Å². The van der Waals surface area contributed by atoms with Gasteiger partial charge in [-0.25, -0.2) is 0 Å². The SMILES string of the molecule is CCC(CO)(CCCn1nc(C)cc1C)NC. The van der Waals surface area contributed by atoms with Gasteiger partial charge in [0.05, 0.1) is 12.3 Å². The van der Waals surface area contributed by atoms with Gasteiger partial charge >= 0.3 is 0 Å². The molecule has 0 bridgehead atoms. The molecule has 0 amide bonds. The first kappa shape index (κ1) is 14.2. The Hall–Kier alpha value is -0.870. The smallest absolute Gasteiger partial charge is 0.0613 e. The molecule has 0 aromatic carbocycles. The number of aliphatic hydroxyl groups is 1. The Morgan fingerprint density at radius 1 is 1.47 bits per heavy atom. The molecule has 4 heteroatoms. The van der Waals surface area contributed by atoms with E-state index in [1.54, 1.807) is 0 Å². The summed E-state index contributed by atoms with van der Waals surface area (Å²) < 4.78 is 2.04. The van der Waals surface area contributed by atoms with Crippen LogP contribution >= 0.6 is 0 Å². The van der Waals surface area contributed by atoms with Gasteiger partial charge in [0.25, 0.3) is 0 Å². The number of aryl methyl sites for hydroxylation is 3. The molecule has 4 nitrogen and oxygen atoms in total. The topological polar surface area (TPSA) is 50.1 Å². The van der Waals surface area contributed by atoms with E-state index in [9.17, 15) is 5.11 Å². The van der Waals surface area contributed by atoms with Crippen molar-refractivity contribution in [3.8, 4) is 0 Å². The van der Waals surface area contributed by atoms with Crippen molar-refractivity contribution < 1.29 is 5.11 Å². The minimum atomic E-state index is -0.129. The van der Waals surface area contributed by atoms with Crippen LogP contribution in [0.25, 0.3) is 0 Å². The minimum Gasteiger partial charge on any atom is -0.394 e. The van der Waals surface area contributed by atoms with Gasteiger partial charge in [0.2, 0.25) is 0 Å². The first-order chi connectivity index (χ1) is 8.06. The number of aromatic nitrogens is 2. The fourth-order valence-corrected chi connectivity index (χ4v) is 2.22. The van der Waals surface area contributed by atoms with Crippen LogP contribution < -0.4 is 5.32 Å². The van der Waals surface area contributed by atoms with Crippen LogP contribution in [0.2, 0.25) is 0 Å². The zero-order valence-corrected chi connectivity index (χ0v) is 11.5. The second-order valence-electron chi connectivity index (χ2n) is 4.80. The number of hydrogen-bond donors (Lipinski definition) is 2. The van der Waals surface area contributed by atoms with Crippen LogP contribution in [0.3, 0.4) is 0 Å². The second-order valence-corrected chi connectivity index (χ2v) is 4.80. The van der Waals surface area contributed by atoms with Crippen molar-refractivity contribution in [2.75, 3.05) is 13.7 Å². The van der Waals surface area contributed by atoms with Crippen LogP contribution in [0.15, 0.2) is 6.07 Å². The second kappa shape index (κ2) is 6.17. The molecule has 17 heavy (non-hydrogen) atoms. The van der Waals surface area contributed by atoms with Crippen LogP contribution in [0, 0.1) is 13.8 Å². The summed E-state index contributed by atoms with van der Waals surface area (Å²) in [6.07, 6.45) is 2.93. The molecule has 1 aromatic heterocycles. The summed E-state index contributed by atoms with van der Waals surface area (Å²) in [4.78, 5) is 0. The highest BCUT2D eigenvalue weighted by molar-refractivity contribution is 5.06. The average Bonchev–Trinajstić information content (AvgIpc) is 2.64. The molecule has 0 spiro atoms. The molecule has 1 heterocycles. The molecule has 0 fully saturated rings. The predicted molar refractivity (Wildman–Crippen MR) is 70.1 cm³/mol. The van der Waals surface area contributed by atoms with Crippen molar-refractivity contribution in [3.05, 3.63) is 17.5 Å². The third-order valence-electron chi connectivity index (χ3n) is 3.64. The van der Waals surface area contributed by atoms with E-state index in [1.807, 2.05) is 18.7 Å². The number of likely N-dealkylation sites (N-methyl/N-ethyl adjacent to an activating group) is 1. The summed E-state index contributed by atoms with van der Waals surface area (Å²) in [5, 5.41) is 17.1. The Bertz CT molecular complexity index is 334. The zero-order valence-electron chi connectivity index (χ0n) is 11.5. The maximum Gasteiger partial charge on any atom is 0.0613 e. The first-order valence-electron chi connectivity index (χ1n) is 6.37. The van der Waals surface area contributed by atoms with E-state index in [0.29, 0.717) is 0 Å². The number of nitrogens with one attached hydrogen (secondary N) is 1. The van der Waals surface area contributed by atoms with Crippen molar-refractivity contribution in [2.45, 2.75) is 52.1 Å². The van der Waals surface area contributed by atoms with Gasteiger partial charge in [0, 0.05) is 17.8 Å². The first-order valence-corrected chi connectivity index (χ1v) is 6.37. The van der Waals surface area contributed by atoms with E-state index in [1.165, 1.54) is 5.69 Å². The number of rotatable bonds is 7. The van der Waals surface area contributed by atoms with Gasteiger partial charge in [-0.15, -0.1) is 0 Å². The third kappa shape index (κ3) is 3.54. The van der Waals surface area contributed by atoms with Crippen molar-refractivity contribution in [3.63, 3.8) is 0 Å². The fourth-order valence-electron chi connectivity index (χ4n) is 2.22. The molecule has 1 atom stereocenters. The largest absolute Gasteiger partial charge is 0.394 e. The monoisotopic (exact) mass is 239 g/mol. The number of aliphatic hydroxyl groups excluding tert-OH is 1. The minimum absolute atomic E-state index is 0.129. The van der Waals surface area contributed by atoms with Crippen molar-refractivity contribution in [1.82, 2.24) is 15.1 Å². The van der Waals surface area contributed by atoms with Crippen molar-refractivity contribution >= 4 is 0 Å². The Kier molecular flexibility index (Phi) is 5.15. The highest BCUT2D eigenvalue weighted by atomic mass is 16.3. The van der Waals surface area contributed by atoms with Gasteiger partial charge in [0.15, 0.2) is 0 Å². The van der Waals surface area contributed by atoms with Crippen LogP contribution in [-0.2, 0) is 6.54 Å². The number of hydrogen-bond acceptors (Lipinski definition) is 3. The van der Waals surface area contributed by atoms with Crippen LogP contribution in [0.5, 0.6) is 0 Å². The van der Waals surface area contributed by atoms with E-state index < -0.39 is 0 Å². The maximum atomic E-state index is 9.45. The summed E-state index contributed by atoms with van der Waals surface area (Å²) in [5.74, 6) is 0. The molecule has 1 rings (SSSR count). The Morgan fingerprint density at radius 3 is 2.59 bits per heavy atom. The van der Waals surface area contributed by atoms with E-state index in [0.717, 1.165) is 31.5 Å². The molecular formula is C13H25N3O. The molecule has 0 aliphatic heterocycles. The lowest BCUT2D eigenvalue weighted by Gasteiger charge is -2.30. The van der Waals surface area contributed by atoms with Gasteiger partial charge in [-0.05, 0) is 46.2 Å². The summed E-state index contributed by atoms with van der Waals surface area (Å²) in [6, 6.07) is 2.09. The molecule has 0 radical (unpaired) electrons. The number of nitrogens with zero attached hydrogens (tertiary/aromatic N) is 2. The fraction of sp³-hybridized carbons (Fsp3) is 0.769. The van der Waals surface area contributed by atoms with E-state index in [4.69, 9.17) is 0 Å². The standard InChI is InChI=1S/C13H25N3O/c1-5-13(10-17,14-4)7-6-8-16-12(3)9-11(2)15-16/h9,14,17H,5-8,10H2,1-4H3. The van der Waals surface area contributed by atoms with Crippen LogP contribution in [0.4, 0.5) is 0 Å². The van der Waals surface area contributed by atoms with Gasteiger partial charge < -0.3 is 10.4 Å². The van der Waals surface area contributed by atoms with Crippen molar-refractivity contribution in [1.29, 1.82) is 0 Å². The van der Waals surface area contributed by atoms with Gasteiger partial charge in [-0.3, -0.25) is 4.68 Å². The lowest BCUT2D eigenvalue weighted by molar-refractivity contribution is 0.150. The maximum absolute atomic E-state index is 9.45. The predicted octanol–water partition coefficient (Wildman–Crippen LogP) is 1.64. The lowest BCUT2D eigenvalue weighted by Crippen LogP contribution is -2.46. The zero-order chi connectivity index (χ0) is 12.9. The third-order valence-corrected chi connectivity index (χ3v) is 3.64. The lowest BCUT2D eigenvalue weighted by atomic mass is 9.91. The Balaban J connectivity index is 2.49. The quantitative estimate of drug-likeness (QED) is 0.760. The normalized spacial score (nSPS) is 14.9. The van der Waals surface area contributed by atoms with Gasteiger partial charge in [0.1, 0.15) is 0 Å². The van der Waals surface area contributed by atoms with E-state index in [-0.39, 0.29) is 12.1 Å². The summed E-state index contributed by atoms with van der Waals surface area (Å²) in [5.41, 5.74) is 2.15. The van der Waals surface area contributed by atoms with Crippen LogP contribution in [-0.4, -0.2) is 34.1 Å². The highest BCUT2D eigenvalue weighted by Crippen LogP contribution is 2.17. The summed E-state index contributed by atoms with van der Waals surface area (Å²) in [6.45, 7) is 7.31. The molecule has 0 aliphatic rings.